The van der Waals surface area contributed by atoms with Gasteiger partial charge in [-0.1, -0.05) is 18.2 Å². The van der Waals surface area contributed by atoms with Gasteiger partial charge in [0.05, 0.1) is 0 Å². The van der Waals surface area contributed by atoms with E-state index in [-0.39, 0.29) is 11.9 Å². The fourth-order valence-electron chi connectivity index (χ4n) is 4.64. The second-order valence-corrected chi connectivity index (χ2v) is 8.32. The van der Waals surface area contributed by atoms with Gasteiger partial charge >= 0.3 is 0 Å². The van der Waals surface area contributed by atoms with Crippen molar-refractivity contribution in [3.8, 4) is 11.3 Å². The van der Waals surface area contributed by atoms with Gasteiger partial charge in [-0.3, -0.25) is 9.69 Å². The average molecular weight is 370 g/mol. The molecular weight excluding hydrogens is 342 g/mol. The molecule has 5 heteroatoms. The van der Waals surface area contributed by atoms with Crippen molar-refractivity contribution in [1.82, 2.24) is 14.8 Å². The maximum Gasteiger partial charge on any atom is 0.268 e. The van der Waals surface area contributed by atoms with Crippen molar-refractivity contribution in [2.45, 2.75) is 36.7 Å². The third-order valence-electron chi connectivity index (χ3n) is 6.21. The van der Waals surface area contributed by atoms with Gasteiger partial charge in [-0.2, -0.15) is 0 Å². The highest BCUT2D eigenvalue weighted by molar-refractivity contribution is 7.98. The van der Waals surface area contributed by atoms with Crippen LogP contribution in [0.5, 0.6) is 0 Å². The molecule has 0 saturated carbocycles. The van der Waals surface area contributed by atoms with Crippen LogP contribution in [0.3, 0.4) is 0 Å². The number of carbonyl (C=O) groups is 1. The van der Waals surface area contributed by atoms with Crippen molar-refractivity contribution in [2.75, 3.05) is 19.3 Å². The highest BCUT2D eigenvalue weighted by atomic mass is 32.2. The molecule has 2 bridgehead atoms. The first-order chi connectivity index (χ1) is 12.6. The Morgan fingerprint density at radius 3 is 2.58 bits per heavy atom. The number of carbonyl (C=O) groups excluding carboxylic acids is 1. The molecule has 3 aliphatic heterocycles. The van der Waals surface area contributed by atoms with E-state index in [1.807, 2.05) is 17.7 Å². The molecule has 3 aliphatic rings. The molecule has 26 heavy (non-hydrogen) atoms. The van der Waals surface area contributed by atoms with Gasteiger partial charge < -0.3 is 9.88 Å². The SMILES string of the molecule is CSc1ccccc1-c1ccc(C(=O)N[C@@H]2C3CCN(CC3)[C@H]2C)n1C. The van der Waals surface area contributed by atoms with E-state index in [0.717, 1.165) is 11.4 Å². The van der Waals surface area contributed by atoms with Crippen LogP contribution in [0, 0.1) is 5.92 Å². The fraction of sp³-hybridized carbons (Fsp3) is 0.476. The summed E-state index contributed by atoms with van der Waals surface area (Å²) in [5, 5.41) is 3.34. The number of rotatable bonds is 4. The molecule has 0 radical (unpaired) electrons. The van der Waals surface area contributed by atoms with Gasteiger partial charge in [0.15, 0.2) is 0 Å². The molecule has 4 nitrogen and oxygen atoms in total. The molecule has 1 amide bonds. The first kappa shape index (κ1) is 17.7. The number of fused-ring (bicyclic) bond motifs is 3. The second-order valence-electron chi connectivity index (χ2n) is 7.48. The van der Waals surface area contributed by atoms with Gasteiger partial charge in [0, 0.05) is 35.3 Å². The number of thioether (sulfide) groups is 1. The third kappa shape index (κ3) is 2.97. The van der Waals surface area contributed by atoms with E-state index >= 15 is 0 Å². The molecule has 2 atom stereocenters. The summed E-state index contributed by atoms with van der Waals surface area (Å²) in [4.78, 5) is 16.7. The van der Waals surface area contributed by atoms with Crippen molar-refractivity contribution < 1.29 is 4.79 Å². The summed E-state index contributed by atoms with van der Waals surface area (Å²) in [5.74, 6) is 0.668. The Bertz CT molecular complexity index is 805. The molecule has 1 aromatic heterocycles. The van der Waals surface area contributed by atoms with Crippen molar-refractivity contribution in [3.05, 3.63) is 42.1 Å². The zero-order valence-electron chi connectivity index (χ0n) is 15.7. The number of benzene rings is 1. The minimum atomic E-state index is 0.0472. The van der Waals surface area contributed by atoms with Gasteiger partial charge in [-0.05, 0) is 63.2 Å². The van der Waals surface area contributed by atoms with E-state index in [9.17, 15) is 4.79 Å². The Balaban J connectivity index is 1.57. The summed E-state index contributed by atoms with van der Waals surface area (Å²) in [6, 6.07) is 13.1. The number of hydrogen-bond donors (Lipinski definition) is 1. The minimum absolute atomic E-state index is 0.0472. The average Bonchev–Trinajstić information content (AvgIpc) is 3.06. The lowest BCUT2D eigenvalue weighted by Crippen LogP contribution is -2.62. The smallest absolute Gasteiger partial charge is 0.268 e. The maximum atomic E-state index is 13.0. The molecule has 3 saturated heterocycles. The van der Waals surface area contributed by atoms with Gasteiger partial charge in [0.25, 0.3) is 5.91 Å². The molecule has 4 heterocycles. The Kier molecular flexibility index (Phi) is 4.84. The number of aromatic nitrogens is 1. The molecule has 1 N–H and O–H groups in total. The van der Waals surface area contributed by atoms with E-state index in [1.165, 1.54) is 36.4 Å². The molecule has 0 aliphatic carbocycles. The predicted octanol–water partition coefficient (Wildman–Crippen LogP) is 3.63. The summed E-state index contributed by atoms with van der Waals surface area (Å²) in [6.45, 7) is 4.61. The lowest BCUT2D eigenvalue weighted by Gasteiger charge is -2.49. The molecule has 0 unspecified atom stereocenters. The van der Waals surface area contributed by atoms with Crippen LogP contribution in [0.4, 0.5) is 0 Å². The molecule has 2 aromatic rings. The number of amides is 1. The van der Waals surface area contributed by atoms with Gasteiger partial charge in [0.1, 0.15) is 5.69 Å². The van der Waals surface area contributed by atoms with Crippen LogP contribution in [-0.2, 0) is 7.05 Å². The van der Waals surface area contributed by atoms with E-state index in [0.29, 0.717) is 12.0 Å². The number of nitrogens with zero attached hydrogens (tertiary/aromatic N) is 2. The zero-order valence-corrected chi connectivity index (χ0v) is 16.6. The second kappa shape index (κ2) is 7.12. The molecule has 3 fully saturated rings. The van der Waals surface area contributed by atoms with Crippen LogP contribution in [0.25, 0.3) is 11.3 Å². The predicted molar refractivity (Wildman–Crippen MR) is 108 cm³/mol. The van der Waals surface area contributed by atoms with Crippen molar-refractivity contribution in [2.24, 2.45) is 13.0 Å². The van der Waals surface area contributed by atoms with Gasteiger partial charge in [-0.15, -0.1) is 11.8 Å². The third-order valence-corrected chi connectivity index (χ3v) is 7.01. The highest BCUT2D eigenvalue weighted by Gasteiger charge is 2.40. The highest BCUT2D eigenvalue weighted by Crippen LogP contribution is 2.33. The van der Waals surface area contributed by atoms with Crippen LogP contribution in [0.2, 0.25) is 0 Å². The maximum absolute atomic E-state index is 13.0. The van der Waals surface area contributed by atoms with Crippen LogP contribution in [-0.4, -0.2) is 46.8 Å². The van der Waals surface area contributed by atoms with Crippen LogP contribution < -0.4 is 5.32 Å². The largest absolute Gasteiger partial charge is 0.346 e. The molecule has 0 spiro atoms. The van der Waals surface area contributed by atoms with Crippen molar-refractivity contribution >= 4 is 17.7 Å². The number of piperidine rings is 3. The van der Waals surface area contributed by atoms with Gasteiger partial charge in [-0.25, -0.2) is 0 Å². The van der Waals surface area contributed by atoms with Crippen LogP contribution in [0.15, 0.2) is 41.3 Å². The van der Waals surface area contributed by atoms with Crippen LogP contribution in [0.1, 0.15) is 30.3 Å². The van der Waals surface area contributed by atoms with Gasteiger partial charge in [0.2, 0.25) is 0 Å². The zero-order chi connectivity index (χ0) is 18.3. The number of hydrogen-bond acceptors (Lipinski definition) is 3. The summed E-state index contributed by atoms with van der Waals surface area (Å²) in [7, 11) is 1.99. The van der Waals surface area contributed by atoms with E-state index < -0.39 is 0 Å². The van der Waals surface area contributed by atoms with E-state index in [1.54, 1.807) is 11.8 Å². The lowest BCUT2D eigenvalue weighted by atomic mass is 9.79. The standard InChI is InChI=1S/C21H27N3OS/c1-14-20(15-10-12-24(14)13-11-15)22-21(25)18-9-8-17(23(18)2)16-6-4-5-7-19(16)26-3/h4-9,14-15,20H,10-13H2,1-3H3,(H,22,25)/t14-,20-/m0/s1. The monoisotopic (exact) mass is 369 g/mol. The summed E-state index contributed by atoms with van der Waals surface area (Å²) in [6.07, 6.45) is 4.49. The Morgan fingerprint density at radius 2 is 1.88 bits per heavy atom. The summed E-state index contributed by atoms with van der Waals surface area (Å²) < 4.78 is 2.02. The van der Waals surface area contributed by atoms with Crippen LogP contribution >= 0.6 is 11.8 Å². The van der Waals surface area contributed by atoms with Crippen molar-refractivity contribution in [1.29, 1.82) is 0 Å². The molecular formula is C21H27N3OS. The number of nitrogens with one attached hydrogen (secondary N) is 1. The Morgan fingerprint density at radius 1 is 1.15 bits per heavy atom. The van der Waals surface area contributed by atoms with E-state index in [4.69, 9.17) is 0 Å². The topological polar surface area (TPSA) is 37.3 Å². The molecule has 5 rings (SSSR count). The van der Waals surface area contributed by atoms with E-state index in [2.05, 4.69) is 53.7 Å². The summed E-state index contributed by atoms with van der Waals surface area (Å²) in [5.41, 5.74) is 3.00. The van der Waals surface area contributed by atoms with Crippen molar-refractivity contribution in [3.63, 3.8) is 0 Å². The summed E-state index contributed by atoms with van der Waals surface area (Å²) >= 11 is 1.73. The lowest BCUT2D eigenvalue weighted by molar-refractivity contribution is 0.0215. The first-order valence-corrected chi connectivity index (χ1v) is 10.7. The first-order valence-electron chi connectivity index (χ1n) is 9.44. The Labute approximate surface area is 160 Å². The molecule has 1 aromatic carbocycles. The Hall–Kier alpha value is -1.72. The normalized spacial score (nSPS) is 27.5. The molecule has 138 valence electrons. The quantitative estimate of drug-likeness (QED) is 0.837. The minimum Gasteiger partial charge on any atom is -0.346 e. The fourth-order valence-corrected chi connectivity index (χ4v) is 5.24.